The average Bonchev–Trinajstić information content (AvgIpc) is 2.89. The van der Waals surface area contributed by atoms with Crippen molar-refractivity contribution < 1.29 is 23.9 Å². The number of amides is 2. The zero-order valence-corrected chi connectivity index (χ0v) is 22.0. The molecule has 3 aromatic carbocycles. The van der Waals surface area contributed by atoms with E-state index in [1.165, 1.54) is 37.5 Å². The topological polar surface area (TPSA) is 118 Å². The maximum Gasteiger partial charge on any atom is 0.337 e. The van der Waals surface area contributed by atoms with E-state index in [-0.39, 0.29) is 18.1 Å². The number of ether oxygens (including phenoxy) is 2. The van der Waals surface area contributed by atoms with Crippen LogP contribution >= 0.6 is 15.9 Å². The van der Waals surface area contributed by atoms with Gasteiger partial charge in [-0.2, -0.15) is 5.26 Å². The van der Waals surface area contributed by atoms with Crippen LogP contribution in [0.4, 0.5) is 11.4 Å². The minimum Gasteiger partial charge on any atom is -0.483 e. The molecule has 37 heavy (non-hydrogen) atoms. The SMILES string of the molecule is COC(=O)c1ccc(NC(=O)/C(C#N)=C\c2cc(Br)ccc2OCC(=O)Nc2cccc(C)c2C)cc1. The van der Waals surface area contributed by atoms with Crippen molar-refractivity contribution in [3.63, 3.8) is 0 Å². The molecule has 0 aliphatic heterocycles. The van der Waals surface area contributed by atoms with Gasteiger partial charge in [-0.3, -0.25) is 9.59 Å². The van der Waals surface area contributed by atoms with Crippen LogP contribution in [-0.2, 0) is 14.3 Å². The number of carbonyl (C=O) groups is 3. The highest BCUT2D eigenvalue weighted by Gasteiger charge is 2.14. The molecule has 3 rings (SSSR count). The first-order valence-electron chi connectivity index (χ1n) is 11.1. The number of methoxy groups -OCH3 is 1. The Morgan fingerprint density at radius 2 is 1.76 bits per heavy atom. The molecule has 0 unspecified atom stereocenters. The van der Waals surface area contributed by atoms with Crippen LogP contribution in [0.15, 0.2) is 70.7 Å². The minimum absolute atomic E-state index is 0.181. The monoisotopic (exact) mass is 561 g/mol. The zero-order valence-electron chi connectivity index (χ0n) is 20.4. The van der Waals surface area contributed by atoms with Crippen LogP contribution in [0.5, 0.6) is 5.75 Å². The first-order valence-corrected chi connectivity index (χ1v) is 11.9. The molecule has 0 aromatic heterocycles. The van der Waals surface area contributed by atoms with Crippen LogP contribution in [0.2, 0.25) is 0 Å². The summed E-state index contributed by atoms with van der Waals surface area (Å²) in [5.74, 6) is -1.17. The molecule has 0 aliphatic rings. The molecule has 0 spiro atoms. The van der Waals surface area contributed by atoms with Gasteiger partial charge in [0, 0.05) is 21.4 Å². The molecule has 0 heterocycles. The van der Waals surface area contributed by atoms with Crippen molar-refractivity contribution in [3.05, 3.63) is 93.0 Å². The molecule has 8 nitrogen and oxygen atoms in total. The summed E-state index contributed by atoms with van der Waals surface area (Å²) in [6.07, 6.45) is 1.38. The Morgan fingerprint density at radius 1 is 1.03 bits per heavy atom. The second kappa shape index (κ2) is 12.5. The van der Waals surface area contributed by atoms with E-state index in [4.69, 9.17) is 4.74 Å². The van der Waals surface area contributed by atoms with Gasteiger partial charge in [-0.05, 0) is 79.6 Å². The summed E-state index contributed by atoms with van der Waals surface area (Å²) in [5.41, 5.74) is 3.70. The number of nitrogens with one attached hydrogen (secondary N) is 2. The third-order valence-electron chi connectivity index (χ3n) is 5.44. The molecule has 0 atom stereocenters. The molecule has 0 radical (unpaired) electrons. The van der Waals surface area contributed by atoms with E-state index in [1.54, 1.807) is 18.2 Å². The third kappa shape index (κ3) is 7.29. The smallest absolute Gasteiger partial charge is 0.337 e. The van der Waals surface area contributed by atoms with E-state index >= 15 is 0 Å². The van der Waals surface area contributed by atoms with Gasteiger partial charge in [-0.1, -0.05) is 28.1 Å². The molecular weight excluding hydrogens is 538 g/mol. The molecule has 188 valence electrons. The number of nitriles is 1. The Kier molecular flexibility index (Phi) is 9.19. The predicted molar refractivity (Wildman–Crippen MR) is 144 cm³/mol. The molecule has 2 N–H and O–H groups in total. The number of nitrogens with zero attached hydrogens (tertiary/aromatic N) is 1. The first kappa shape index (κ1) is 27.2. The molecule has 3 aromatic rings. The molecule has 0 bridgehead atoms. The summed E-state index contributed by atoms with van der Waals surface area (Å²) in [6.45, 7) is 3.62. The van der Waals surface area contributed by atoms with Crippen molar-refractivity contribution in [2.75, 3.05) is 24.4 Å². The van der Waals surface area contributed by atoms with Crippen LogP contribution in [0.25, 0.3) is 6.08 Å². The maximum atomic E-state index is 12.7. The number of halogens is 1. The highest BCUT2D eigenvalue weighted by atomic mass is 79.9. The summed E-state index contributed by atoms with van der Waals surface area (Å²) < 4.78 is 11.1. The van der Waals surface area contributed by atoms with Crippen molar-refractivity contribution in [2.45, 2.75) is 13.8 Å². The van der Waals surface area contributed by atoms with E-state index < -0.39 is 11.9 Å². The van der Waals surface area contributed by atoms with Crippen LogP contribution < -0.4 is 15.4 Å². The Hall–Kier alpha value is -4.42. The van der Waals surface area contributed by atoms with Crippen molar-refractivity contribution in [3.8, 4) is 11.8 Å². The molecule has 9 heteroatoms. The summed E-state index contributed by atoms with van der Waals surface area (Å²) >= 11 is 3.38. The van der Waals surface area contributed by atoms with Crippen molar-refractivity contribution in [1.29, 1.82) is 5.26 Å². The Morgan fingerprint density at radius 3 is 2.43 bits per heavy atom. The Labute approximate surface area is 223 Å². The number of aryl methyl sites for hydroxylation is 1. The molecule has 0 saturated carbocycles. The maximum absolute atomic E-state index is 12.7. The normalized spacial score (nSPS) is 10.7. The van der Waals surface area contributed by atoms with Crippen molar-refractivity contribution in [2.24, 2.45) is 0 Å². The number of esters is 1. The van der Waals surface area contributed by atoms with Crippen LogP contribution in [0.1, 0.15) is 27.0 Å². The fourth-order valence-electron chi connectivity index (χ4n) is 3.29. The van der Waals surface area contributed by atoms with Crippen molar-refractivity contribution in [1.82, 2.24) is 0 Å². The standard InChI is InChI=1S/C28H24BrN3O5/c1-17-5-4-6-24(18(17)2)32-26(33)16-37-25-12-9-22(29)14-20(25)13-21(15-30)27(34)31-23-10-7-19(8-11-23)28(35)36-3/h4-14H,16H2,1-3H3,(H,31,34)(H,32,33)/b21-13-. The lowest BCUT2D eigenvalue weighted by Crippen LogP contribution is -2.21. The average molecular weight is 562 g/mol. The minimum atomic E-state index is -0.646. The Bertz CT molecular complexity index is 1410. The third-order valence-corrected chi connectivity index (χ3v) is 5.93. The van der Waals surface area contributed by atoms with Crippen LogP contribution in [0, 0.1) is 25.2 Å². The van der Waals surface area contributed by atoms with Crippen LogP contribution in [-0.4, -0.2) is 31.5 Å². The lowest BCUT2D eigenvalue weighted by molar-refractivity contribution is -0.118. The number of anilines is 2. The predicted octanol–water partition coefficient (Wildman–Crippen LogP) is 5.42. The zero-order chi connectivity index (χ0) is 26.9. The number of hydrogen-bond donors (Lipinski definition) is 2. The molecule has 0 aliphatic carbocycles. The highest BCUT2D eigenvalue weighted by Crippen LogP contribution is 2.26. The summed E-state index contributed by atoms with van der Waals surface area (Å²) in [7, 11) is 1.28. The van der Waals surface area contributed by atoms with E-state index in [0.29, 0.717) is 32.7 Å². The lowest BCUT2D eigenvalue weighted by Gasteiger charge is -2.13. The second-order valence-corrected chi connectivity index (χ2v) is 8.88. The van der Waals surface area contributed by atoms with Gasteiger partial charge < -0.3 is 20.1 Å². The van der Waals surface area contributed by atoms with Crippen molar-refractivity contribution >= 4 is 51.2 Å². The lowest BCUT2D eigenvalue weighted by atomic mass is 10.1. The largest absolute Gasteiger partial charge is 0.483 e. The van der Waals surface area contributed by atoms with Gasteiger partial charge in [0.15, 0.2) is 6.61 Å². The van der Waals surface area contributed by atoms with Gasteiger partial charge in [-0.25, -0.2) is 4.79 Å². The number of hydrogen-bond acceptors (Lipinski definition) is 6. The highest BCUT2D eigenvalue weighted by molar-refractivity contribution is 9.10. The second-order valence-electron chi connectivity index (χ2n) is 7.96. The summed E-state index contributed by atoms with van der Waals surface area (Å²) in [5, 5.41) is 15.1. The van der Waals surface area contributed by atoms with Crippen LogP contribution in [0.3, 0.4) is 0 Å². The van der Waals surface area contributed by atoms with Gasteiger partial charge in [0.2, 0.25) is 0 Å². The summed E-state index contributed by atoms with van der Waals surface area (Å²) in [6, 6.07) is 18.6. The fourth-order valence-corrected chi connectivity index (χ4v) is 3.67. The number of rotatable bonds is 8. The molecular formula is C28H24BrN3O5. The van der Waals surface area contributed by atoms with Gasteiger partial charge in [-0.15, -0.1) is 0 Å². The van der Waals surface area contributed by atoms with E-state index in [0.717, 1.165) is 11.1 Å². The van der Waals surface area contributed by atoms with Gasteiger partial charge >= 0.3 is 5.97 Å². The number of carbonyl (C=O) groups excluding carboxylic acids is 3. The first-order chi connectivity index (χ1) is 17.7. The quantitative estimate of drug-likeness (QED) is 0.215. The summed E-state index contributed by atoms with van der Waals surface area (Å²) in [4.78, 5) is 36.8. The van der Waals surface area contributed by atoms with Gasteiger partial charge in [0.05, 0.1) is 12.7 Å². The van der Waals surface area contributed by atoms with Gasteiger partial charge in [0.1, 0.15) is 17.4 Å². The molecule has 0 fully saturated rings. The van der Waals surface area contributed by atoms with E-state index in [2.05, 4.69) is 31.3 Å². The fraction of sp³-hybridized carbons (Fsp3) is 0.143. The molecule has 0 saturated heterocycles. The van der Waals surface area contributed by atoms with Gasteiger partial charge in [0.25, 0.3) is 11.8 Å². The van der Waals surface area contributed by atoms with E-state index in [9.17, 15) is 19.6 Å². The van der Waals surface area contributed by atoms with E-state index in [1.807, 2.05) is 38.1 Å². The number of benzene rings is 3. The molecule has 2 amide bonds. The Balaban J connectivity index is 1.74.